The van der Waals surface area contributed by atoms with E-state index in [-0.39, 0.29) is 72.5 Å². The van der Waals surface area contributed by atoms with Gasteiger partial charge < -0.3 is 52.3 Å². The molecule has 18 nitrogen and oxygen atoms in total. The highest BCUT2D eigenvalue weighted by molar-refractivity contribution is 5.99. The van der Waals surface area contributed by atoms with E-state index in [1.807, 2.05) is 116 Å². The normalized spacial score (nSPS) is 20.2. The van der Waals surface area contributed by atoms with E-state index < -0.39 is 82.8 Å². The molecule has 402 valence electrons. The smallest absolute Gasteiger partial charge is 0.251 e. The van der Waals surface area contributed by atoms with E-state index in [9.17, 15) is 38.4 Å². The molecule has 0 unspecified atom stereocenters. The molecule has 0 aliphatic carbocycles. The summed E-state index contributed by atoms with van der Waals surface area (Å²) in [5, 5.41) is 23.6. The maximum atomic E-state index is 14.5. The van der Waals surface area contributed by atoms with Gasteiger partial charge in [0.15, 0.2) is 0 Å². The Morgan fingerprint density at radius 3 is 1.14 bits per heavy atom. The summed E-state index contributed by atoms with van der Waals surface area (Å²) in [6.07, 6.45) is 0.232. The highest BCUT2D eigenvalue weighted by atomic mass is 16.2. The molecule has 2 heterocycles. The summed E-state index contributed by atoms with van der Waals surface area (Å²) in [4.78, 5) is 114. The van der Waals surface area contributed by atoms with Crippen LogP contribution < -0.4 is 42.5 Å². The molecule has 0 saturated carbocycles. The van der Waals surface area contributed by atoms with Gasteiger partial charge >= 0.3 is 0 Å². The minimum Gasteiger partial charge on any atom is -0.354 e. The molecule has 8 N–H and O–H groups in total. The largest absolute Gasteiger partial charge is 0.354 e. The molecule has 3 aromatic carbocycles. The lowest BCUT2D eigenvalue weighted by Crippen LogP contribution is -2.59. The monoisotopic (exact) mass is 1020 g/mol. The van der Waals surface area contributed by atoms with E-state index in [0.29, 0.717) is 13.1 Å². The molecule has 5 rings (SSSR count). The Morgan fingerprint density at radius 2 is 0.838 bits per heavy atom. The number of nitrogens with one attached hydrogen (secondary N) is 8. The Kier molecular flexibility index (Phi) is 20.1. The van der Waals surface area contributed by atoms with E-state index in [1.165, 1.54) is 34.1 Å². The SMILES string of the molecule is CN[C@@H](C)C(=O)N[C@H](C(=O)N1C[C@@H](NC(=O)c2ccc(C(=O)N[C@H]3C[C@@H](C(=O)NC[C@H](C)c4ccccc4)N(C(=O)[C@@H](NC(=O)[C@H](C)NC)C(C)(C)C)C3)cc2)C[C@H]1C(=O)NC[C@@H](C)c1ccccc1)C(C)(C)C. The number of carbonyl (C=O) groups is 8. The summed E-state index contributed by atoms with van der Waals surface area (Å²) in [6.45, 7) is 19.0. The zero-order valence-corrected chi connectivity index (χ0v) is 45.3. The van der Waals surface area contributed by atoms with Gasteiger partial charge in [-0.25, -0.2) is 0 Å². The topological polar surface area (TPSA) is 239 Å². The van der Waals surface area contributed by atoms with Crippen molar-refractivity contribution in [1.82, 2.24) is 52.3 Å². The fourth-order valence-electron chi connectivity index (χ4n) is 9.14. The van der Waals surface area contributed by atoms with Crippen LogP contribution in [0.25, 0.3) is 0 Å². The van der Waals surface area contributed by atoms with Gasteiger partial charge in [0.1, 0.15) is 24.2 Å². The summed E-state index contributed by atoms with van der Waals surface area (Å²) < 4.78 is 0. The van der Waals surface area contributed by atoms with Gasteiger partial charge in [-0.1, -0.05) is 116 Å². The lowest BCUT2D eigenvalue weighted by atomic mass is 9.85. The number of benzene rings is 3. The molecule has 2 fully saturated rings. The minimum atomic E-state index is -0.984. The van der Waals surface area contributed by atoms with E-state index in [2.05, 4.69) is 42.5 Å². The molecule has 18 heteroatoms. The van der Waals surface area contributed by atoms with Crippen molar-refractivity contribution in [3.05, 3.63) is 107 Å². The molecular weight excluding hydrogens is 941 g/mol. The van der Waals surface area contributed by atoms with E-state index in [4.69, 9.17) is 0 Å². The Morgan fingerprint density at radius 1 is 0.514 bits per heavy atom. The van der Waals surface area contributed by atoms with Gasteiger partial charge in [0.05, 0.1) is 12.1 Å². The van der Waals surface area contributed by atoms with Crippen LogP contribution in [0.15, 0.2) is 84.9 Å². The predicted molar refractivity (Wildman–Crippen MR) is 285 cm³/mol. The summed E-state index contributed by atoms with van der Waals surface area (Å²) >= 11 is 0. The van der Waals surface area contributed by atoms with E-state index >= 15 is 0 Å². The van der Waals surface area contributed by atoms with Gasteiger partial charge in [-0.2, -0.15) is 0 Å². The first kappa shape index (κ1) is 58.2. The highest BCUT2D eigenvalue weighted by Crippen LogP contribution is 2.29. The standard InChI is InChI=1S/C56H80N10O8/c1-33(37-19-15-13-16-20-37)29-59-51(71)43-27-41(31-65(43)53(73)45(55(5,6)7)63-47(67)35(3)57-11)61-49(69)39-23-25-40(26-24-39)50(70)62-42-28-44(52(72)60-30-34(2)38-21-17-14-18-22-38)66(32-42)54(74)46(56(8,9)10)64-48(68)36(4)58-12/h13-26,33-36,41-46,57-58H,27-32H2,1-12H3,(H,59,71)(H,60,72)(H,61,69)(H,62,70)(H,63,67)(H,64,68)/t33-,34+,35-,36-,41-,42-,43-,44-,45+,46+/m0/s1. The predicted octanol–water partition coefficient (Wildman–Crippen LogP) is 3.20. The second-order valence-corrected chi connectivity index (χ2v) is 22.2. The number of amides is 8. The first-order chi connectivity index (χ1) is 34.8. The van der Waals surface area contributed by atoms with E-state index in [0.717, 1.165) is 11.1 Å². The number of hydrogen-bond acceptors (Lipinski definition) is 10. The van der Waals surface area contributed by atoms with Gasteiger partial charge in [-0.3, -0.25) is 38.4 Å². The van der Waals surface area contributed by atoms with Crippen molar-refractivity contribution in [3.8, 4) is 0 Å². The van der Waals surface area contributed by atoms with Crippen LogP contribution in [0.3, 0.4) is 0 Å². The molecule has 0 spiro atoms. The van der Waals surface area contributed by atoms with Gasteiger partial charge in [0.25, 0.3) is 11.8 Å². The fraction of sp³-hybridized carbons (Fsp3) is 0.536. The number of nitrogens with zero attached hydrogens (tertiary/aromatic N) is 2. The Bertz CT molecular complexity index is 2270. The fourth-order valence-corrected chi connectivity index (χ4v) is 9.14. The zero-order chi connectivity index (χ0) is 54.7. The molecule has 2 aliphatic rings. The Balaban J connectivity index is 1.30. The highest BCUT2D eigenvalue weighted by Gasteiger charge is 2.47. The number of carbonyl (C=O) groups excluding carboxylic acids is 8. The van der Waals surface area contributed by atoms with Crippen molar-refractivity contribution < 1.29 is 38.4 Å². The number of hydrogen-bond donors (Lipinski definition) is 8. The van der Waals surface area contributed by atoms with Crippen molar-refractivity contribution in [1.29, 1.82) is 0 Å². The van der Waals surface area contributed by atoms with Crippen molar-refractivity contribution in [2.75, 3.05) is 40.3 Å². The Labute approximate surface area is 437 Å². The minimum absolute atomic E-state index is 0.00530. The first-order valence-corrected chi connectivity index (χ1v) is 25.8. The van der Waals surface area contributed by atoms with Crippen molar-refractivity contribution in [2.45, 2.75) is 142 Å². The van der Waals surface area contributed by atoms with Gasteiger partial charge in [0, 0.05) is 49.4 Å². The van der Waals surface area contributed by atoms with Gasteiger partial charge in [-0.15, -0.1) is 0 Å². The number of likely N-dealkylation sites (N-methyl/N-ethyl adjacent to an activating group) is 2. The molecule has 0 radical (unpaired) electrons. The van der Waals surface area contributed by atoms with Crippen LogP contribution in [0.4, 0.5) is 0 Å². The van der Waals surface area contributed by atoms with Crippen LogP contribution in [-0.2, 0) is 28.8 Å². The average molecular weight is 1020 g/mol. The molecule has 0 aromatic heterocycles. The van der Waals surface area contributed by atoms with Gasteiger partial charge in [0.2, 0.25) is 35.4 Å². The lowest BCUT2D eigenvalue weighted by molar-refractivity contribution is -0.144. The number of likely N-dealkylation sites (tertiary alicyclic amines) is 2. The zero-order valence-electron chi connectivity index (χ0n) is 45.3. The van der Waals surface area contributed by atoms with Crippen molar-refractivity contribution in [3.63, 3.8) is 0 Å². The third-order valence-corrected chi connectivity index (χ3v) is 14.2. The molecule has 2 saturated heterocycles. The summed E-state index contributed by atoms with van der Waals surface area (Å²) in [5.74, 6) is -3.40. The second-order valence-electron chi connectivity index (χ2n) is 22.2. The summed E-state index contributed by atoms with van der Waals surface area (Å²) in [6, 6.07) is 19.2. The maximum Gasteiger partial charge on any atom is 0.251 e. The maximum absolute atomic E-state index is 14.5. The quantitative estimate of drug-likeness (QED) is 0.0823. The molecule has 74 heavy (non-hydrogen) atoms. The summed E-state index contributed by atoms with van der Waals surface area (Å²) in [7, 11) is 3.29. The first-order valence-electron chi connectivity index (χ1n) is 25.8. The lowest BCUT2D eigenvalue weighted by Gasteiger charge is -2.36. The second kappa shape index (κ2) is 25.5. The van der Waals surface area contributed by atoms with Crippen LogP contribution >= 0.6 is 0 Å². The molecule has 8 amide bonds. The summed E-state index contributed by atoms with van der Waals surface area (Å²) in [5.41, 5.74) is 1.07. The molecule has 2 aliphatic heterocycles. The Hall–Kier alpha value is -6.66. The molecule has 0 bridgehead atoms. The van der Waals surface area contributed by atoms with Gasteiger partial charge in [-0.05, 0) is 98.8 Å². The molecule has 10 atom stereocenters. The number of rotatable bonds is 20. The van der Waals surface area contributed by atoms with Crippen molar-refractivity contribution >= 4 is 47.3 Å². The van der Waals surface area contributed by atoms with Crippen molar-refractivity contribution in [2.24, 2.45) is 10.8 Å². The third-order valence-electron chi connectivity index (χ3n) is 14.2. The average Bonchev–Trinajstić information content (AvgIpc) is 4.01. The third kappa shape index (κ3) is 15.2. The van der Waals surface area contributed by atoms with Crippen LogP contribution in [0.1, 0.15) is 126 Å². The van der Waals surface area contributed by atoms with Crippen LogP contribution in [0.2, 0.25) is 0 Å². The van der Waals surface area contributed by atoms with E-state index in [1.54, 1.807) is 27.9 Å². The molecule has 3 aromatic rings. The van der Waals surface area contributed by atoms with Crippen LogP contribution in [0.5, 0.6) is 0 Å². The molecular formula is C56H80N10O8. The van der Waals surface area contributed by atoms with Crippen LogP contribution in [-0.4, -0.2) is 146 Å². The van der Waals surface area contributed by atoms with Crippen LogP contribution in [0, 0.1) is 10.8 Å².